The van der Waals surface area contributed by atoms with Crippen molar-refractivity contribution < 1.29 is 5.11 Å². The van der Waals surface area contributed by atoms with Crippen LogP contribution in [0.3, 0.4) is 0 Å². The third kappa shape index (κ3) is 2.63. The van der Waals surface area contributed by atoms with Gasteiger partial charge in [-0.15, -0.1) is 0 Å². The van der Waals surface area contributed by atoms with Gasteiger partial charge < -0.3 is 10.8 Å². The number of aliphatic hydroxyl groups is 1. The van der Waals surface area contributed by atoms with Crippen molar-refractivity contribution in [3.8, 4) is 0 Å². The summed E-state index contributed by atoms with van der Waals surface area (Å²) in [6.07, 6.45) is 4.02. The summed E-state index contributed by atoms with van der Waals surface area (Å²) < 4.78 is 1.01. The van der Waals surface area contributed by atoms with Crippen molar-refractivity contribution in [2.75, 3.05) is 6.54 Å². The minimum atomic E-state index is -0.448. The van der Waals surface area contributed by atoms with Crippen LogP contribution in [0, 0.1) is 11.3 Å². The molecule has 0 heterocycles. The Labute approximate surface area is 118 Å². The average molecular weight is 312 g/mol. The van der Waals surface area contributed by atoms with E-state index in [0.29, 0.717) is 6.54 Å². The summed E-state index contributed by atoms with van der Waals surface area (Å²) in [5.41, 5.74) is 6.85. The highest BCUT2D eigenvalue weighted by molar-refractivity contribution is 9.10. The van der Waals surface area contributed by atoms with E-state index in [2.05, 4.69) is 22.9 Å². The Morgan fingerprint density at radius 2 is 2.33 bits per heavy atom. The normalized spacial score (nSPS) is 29.4. The Morgan fingerprint density at radius 1 is 1.56 bits per heavy atom. The van der Waals surface area contributed by atoms with Gasteiger partial charge in [-0.25, -0.2) is 0 Å². The number of nitrogens with two attached hydrogens (primary N) is 1. The lowest BCUT2D eigenvalue weighted by molar-refractivity contribution is 0.0301. The van der Waals surface area contributed by atoms with Crippen LogP contribution in [0.1, 0.15) is 44.3 Å². The highest BCUT2D eigenvalue weighted by atomic mass is 79.9. The molecule has 100 valence electrons. The second kappa shape index (κ2) is 5.72. The van der Waals surface area contributed by atoms with E-state index < -0.39 is 6.10 Å². The van der Waals surface area contributed by atoms with Crippen LogP contribution in [0.4, 0.5) is 0 Å². The Bertz CT molecular complexity index is 409. The fraction of sp³-hybridized carbons (Fsp3) is 0.600. The molecule has 0 radical (unpaired) electrons. The molecule has 3 N–H and O–H groups in total. The lowest BCUT2D eigenvalue weighted by Crippen LogP contribution is -2.34. The first-order valence-corrected chi connectivity index (χ1v) is 7.54. The number of aliphatic hydroxyl groups excluding tert-OH is 1. The third-order valence-electron chi connectivity index (χ3n) is 4.47. The topological polar surface area (TPSA) is 46.2 Å². The van der Waals surface area contributed by atoms with E-state index in [0.717, 1.165) is 28.8 Å². The Balaban J connectivity index is 2.23. The molecule has 3 unspecified atom stereocenters. The first kappa shape index (κ1) is 14.0. The molecule has 1 aliphatic carbocycles. The van der Waals surface area contributed by atoms with E-state index in [1.807, 2.05) is 24.3 Å². The van der Waals surface area contributed by atoms with Gasteiger partial charge in [0, 0.05) is 16.4 Å². The first-order chi connectivity index (χ1) is 8.61. The molecule has 1 saturated carbocycles. The Kier molecular flexibility index (Phi) is 4.46. The predicted octanol–water partition coefficient (Wildman–Crippen LogP) is 3.64. The molecule has 2 rings (SSSR count). The maximum Gasteiger partial charge on any atom is 0.0858 e. The summed E-state index contributed by atoms with van der Waals surface area (Å²) in [4.78, 5) is 0. The van der Waals surface area contributed by atoms with Crippen molar-refractivity contribution in [3.63, 3.8) is 0 Å². The van der Waals surface area contributed by atoms with Gasteiger partial charge in [0.05, 0.1) is 6.10 Å². The lowest BCUT2D eigenvalue weighted by Gasteiger charge is -2.34. The molecule has 3 atom stereocenters. The highest BCUT2D eigenvalue weighted by Crippen LogP contribution is 2.50. The summed E-state index contributed by atoms with van der Waals surface area (Å²) in [5.74, 6) is 0.718. The van der Waals surface area contributed by atoms with E-state index >= 15 is 0 Å². The van der Waals surface area contributed by atoms with Gasteiger partial charge in [0.25, 0.3) is 0 Å². The monoisotopic (exact) mass is 311 g/mol. The average Bonchev–Trinajstić information content (AvgIpc) is 2.83. The summed E-state index contributed by atoms with van der Waals surface area (Å²) in [6, 6.07) is 7.95. The van der Waals surface area contributed by atoms with Crippen LogP contribution in [0.5, 0.6) is 0 Å². The summed E-state index contributed by atoms with van der Waals surface area (Å²) in [7, 11) is 0. The van der Waals surface area contributed by atoms with Crippen molar-refractivity contribution >= 4 is 15.9 Å². The van der Waals surface area contributed by atoms with Crippen LogP contribution >= 0.6 is 15.9 Å². The molecule has 0 spiro atoms. The quantitative estimate of drug-likeness (QED) is 0.891. The Hall–Kier alpha value is -0.380. The summed E-state index contributed by atoms with van der Waals surface area (Å²) in [5, 5.41) is 10.7. The number of halogens is 1. The fourth-order valence-electron chi connectivity index (χ4n) is 3.19. The summed E-state index contributed by atoms with van der Waals surface area (Å²) >= 11 is 3.46. The summed E-state index contributed by atoms with van der Waals surface area (Å²) in [6.45, 7) is 2.79. The molecular formula is C15H22BrNO. The Morgan fingerprint density at radius 3 is 2.89 bits per heavy atom. The SMILES string of the molecule is CCC1CCC(CN)(C(O)c2cccc(Br)c2)C1. The van der Waals surface area contributed by atoms with Gasteiger partial charge in [0.2, 0.25) is 0 Å². The van der Waals surface area contributed by atoms with Gasteiger partial charge in [0.1, 0.15) is 0 Å². The van der Waals surface area contributed by atoms with Crippen LogP contribution in [-0.2, 0) is 0 Å². The molecule has 1 aromatic carbocycles. The number of hydrogen-bond acceptors (Lipinski definition) is 2. The first-order valence-electron chi connectivity index (χ1n) is 6.75. The molecule has 2 nitrogen and oxygen atoms in total. The van der Waals surface area contributed by atoms with E-state index in [-0.39, 0.29) is 5.41 Å². The minimum Gasteiger partial charge on any atom is -0.388 e. The third-order valence-corrected chi connectivity index (χ3v) is 4.97. The second-order valence-corrected chi connectivity index (χ2v) is 6.46. The van der Waals surface area contributed by atoms with E-state index in [9.17, 15) is 5.11 Å². The van der Waals surface area contributed by atoms with Crippen molar-refractivity contribution in [2.24, 2.45) is 17.1 Å². The van der Waals surface area contributed by atoms with E-state index in [1.54, 1.807) is 0 Å². The standard InChI is InChI=1S/C15H22BrNO/c1-2-11-6-7-15(9-11,10-17)14(18)12-4-3-5-13(16)8-12/h3-5,8,11,14,18H,2,6-7,9-10,17H2,1H3. The van der Waals surface area contributed by atoms with Crippen molar-refractivity contribution in [1.82, 2.24) is 0 Å². The van der Waals surface area contributed by atoms with Crippen molar-refractivity contribution in [3.05, 3.63) is 34.3 Å². The van der Waals surface area contributed by atoms with Crippen LogP contribution in [0.15, 0.2) is 28.7 Å². The fourth-order valence-corrected chi connectivity index (χ4v) is 3.61. The van der Waals surface area contributed by atoms with Crippen molar-refractivity contribution in [2.45, 2.75) is 38.7 Å². The zero-order valence-corrected chi connectivity index (χ0v) is 12.5. The molecular weight excluding hydrogens is 290 g/mol. The van der Waals surface area contributed by atoms with Crippen LogP contribution < -0.4 is 5.73 Å². The molecule has 1 fully saturated rings. The van der Waals surface area contributed by atoms with Gasteiger partial charge in [-0.2, -0.15) is 0 Å². The number of benzene rings is 1. The zero-order valence-electron chi connectivity index (χ0n) is 10.9. The van der Waals surface area contributed by atoms with Gasteiger partial charge in [0.15, 0.2) is 0 Å². The van der Waals surface area contributed by atoms with Gasteiger partial charge in [-0.3, -0.25) is 0 Å². The molecule has 0 bridgehead atoms. The maximum atomic E-state index is 10.7. The predicted molar refractivity (Wildman–Crippen MR) is 78.2 cm³/mol. The van der Waals surface area contributed by atoms with Gasteiger partial charge in [-0.05, 0) is 42.9 Å². The minimum absolute atomic E-state index is 0.124. The molecule has 3 heteroatoms. The van der Waals surface area contributed by atoms with Gasteiger partial charge in [-0.1, -0.05) is 41.4 Å². The lowest BCUT2D eigenvalue weighted by atomic mass is 9.76. The maximum absolute atomic E-state index is 10.7. The van der Waals surface area contributed by atoms with Gasteiger partial charge >= 0.3 is 0 Å². The van der Waals surface area contributed by atoms with E-state index in [1.165, 1.54) is 12.8 Å². The zero-order chi connectivity index (χ0) is 13.2. The molecule has 1 aromatic rings. The largest absolute Gasteiger partial charge is 0.388 e. The number of rotatable bonds is 4. The smallest absolute Gasteiger partial charge is 0.0858 e. The van der Waals surface area contributed by atoms with E-state index in [4.69, 9.17) is 5.73 Å². The number of hydrogen-bond donors (Lipinski definition) is 2. The van der Waals surface area contributed by atoms with Crippen LogP contribution in [-0.4, -0.2) is 11.7 Å². The molecule has 18 heavy (non-hydrogen) atoms. The molecule has 1 aliphatic rings. The van der Waals surface area contributed by atoms with Crippen LogP contribution in [0.2, 0.25) is 0 Å². The second-order valence-electron chi connectivity index (χ2n) is 5.54. The molecule has 0 aromatic heterocycles. The van der Waals surface area contributed by atoms with Crippen molar-refractivity contribution in [1.29, 1.82) is 0 Å². The highest BCUT2D eigenvalue weighted by Gasteiger charge is 2.43. The molecule has 0 saturated heterocycles. The molecule has 0 amide bonds. The molecule has 0 aliphatic heterocycles. The van der Waals surface area contributed by atoms with Crippen LogP contribution in [0.25, 0.3) is 0 Å².